The van der Waals surface area contributed by atoms with Crippen LogP contribution in [0.1, 0.15) is 45.6 Å². The summed E-state index contributed by atoms with van der Waals surface area (Å²) in [6.45, 7) is 9.37. The number of allylic oxidation sites excluding steroid dienone is 1. The summed E-state index contributed by atoms with van der Waals surface area (Å²) in [5.41, 5.74) is 4.92. The molecule has 2 heterocycles. The van der Waals surface area contributed by atoms with E-state index < -0.39 is 5.97 Å². The van der Waals surface area contributed by atoms with E-state index in [1.165, 1.54) is 0 Å². The molecule has 172 valence electrons. The summed E-state index contributed by atoms with van der Waals surface area (Å²) in [5.74, 6) is -0.542. The number of fused-ring (bicyclic) bond motifs is 1. The lowest BCUT2D eigenvalue weighted by atomic mass is 9.98. The van der Waals surface area contributed by atoms with Gasteiger partial charge in [-0.25, -0.2) is 4.79 Å². The molecule has 0 spiro atoms. The van der Waals surface area contributed by atoms with Crippen LogP contribution in [0.2, 0.25) is 0 Å². The van der Waals surface area contributed by atoms with Crippen LogP contribution in [0, 0.1) is 13.8 Å². The van der Waals surface area contributed by atoms with Gasteiger partial charge >= 0.3 is 5.97 Å². The zero-order chi connectivity index (χ0) is 24.4. The second kappa shape index (κ2) is 9.35. The number of rotatable bonds is 7. The molecule has 0 aliphatic heterocycles. The lowest BCUT2D eigenvalue weighted by molar-refractivity contribution is 0.0698. The van der Waals surface area contributed by atoms with Gasteiger partial charge in [0.05, 0.1) is 17.0 Å². The molecular formula is C28H26N2O4. The van der Waals surface area contributed by atoms with Crippen molar-refractivity contribution in [1.82, 2.24) is 4.98 Å². The van der Waals surface area contributed by atoms with E-state index in [0.29, 0.717) is 34.4 Å². The fraction of sp³-hybridized carbons (Fsp3) is 0.179. The Kier molecular flexibility index (Phi) is 6.32. The molecule has 0 fully saturated rings. The second-order valence-corrected chi connectivity index (χ2v) is 8.41. The van der Waals surface area contributed by atoms with Crippen LogP contribution in [0.25, 0.3) is 22.3 Å². The summed E-state index contributed by atoms with van der Waals surface area (Å²) < 4.78 is 6.39. The zero-order valence-corrected chi connectivity index (χ0v) is 19.4. The second-order valence-electron chi connectivity index (χ2n) is 8.41. The third-order valence-electron chi connectivity index (χ3n) is 5.83. The minimum absolute atomic E-state index is 0.103. The number of nitrogens with zero attached hydrogens (tertiary/aromatic N) is 1. The maximum absolute atomic E-state index is 13.4. The molecule has 2 aromatic heterocycles. The normalized spacial score (nSPS) is 11.9. The first kappa shape index (κ1) is 23.0. The number of pyridine rings is 1. The number of aromatic nitrogens is 1. The summed E-state index contributed by atoms with van der Waals surface area (Å²) in [4.78, 5) is 29.3. The van der Waals surface area contributed by atoms with Crippen LogP contribution in [0.3, 0.4) is 0 Å². The van der Waals surface area contributed by atoms with Crippen molar-refractivity contribution in [1.29, 1.82) is 0 Å². The van der Waals surface area contributed by atoms with Gasteiger partial charge in [0, 0.05) is 34.8 Å². The molecule has 6 heteroatoms. The summed E-state index contributed by atoms with van der Waals surface area (Å²) in [7, 11) is 0. The number of anilines is 1. The molecule has 2 aromatic carbocycles. The molecule has 0 saturated heterocycles. The Morgan fingerprint density at radius 3 is 2.71 bits per heavy atom. The quantitative estimate of drug-likeness (QED) is 0.329. The van der Waals surface area contributed by atoms with Crippen molar-refractivity contribution >= 4 is 22.6 Å². The highest BCUT2D eigenvalue weighted by Gasteiger charge is 2.20. The number of carbonyl (C=O) groups is 1. The summed E-state index contributed by atoms with van der Waals surface area (Å²) in [5, 5.41) is 13.3. The van der Waals surface area contributed by atoms with Crippen LogP contribution in [-0.2, 0) is 6.42 Å². The van der Waals surface area contributed by atoms with E-state index in [1.807, 2.05) is 32.0 Å². The third kappa shape index (κ3) is 4.35. The molecule has 0 radical (unpaired) electrons. The summed E-state index contributed by atoms with van der Waals surface area (Å²) in [6, 6.07) is 12.1. The van der Waals surface area contributed by atoms with Crippen LogP contribution in [0.5, 0.6) is 0 Å². The molecule has 0 bridgehead atoms. The molecular weight excluding hydrogens is 428 g/mol. The molecule has 34 heavy (non-hydrogen) atoms. The van der Waals surface area contributed by atoms with Crippen molar-refractivity contribution in [3.05, 3.63) is 106 Å². The summed E-state index contributed by atoms with van der Waals surface area (Å²) >= 11 is 0. The first-order chi connectivity index (χ1) is 16.3. The van der Waals surface area contributed by atoms with Gasteiger partial charge < -0.3 is 14.8 Å². The Morgan fingerprint density at radius 2 is 1.97 bits per heavy atom. The van der Waals surface area contributed by atoms with Crippen molar-refractivity contribution in [2.45, 2.75) is 33.2 Å². The first-order valence-corrected chi connectivity index (χ1v) is 11.0. The van der Waals surface area contributed by atoms with E-state index in [-0.39, 0.29) is 17.0 Å². The number of carboxylic acids is 1. The van der Waals surface area contributed by atoms with E-state index in [9.17, 15) is 14.7 Å². The highest BCUT2D eigenvalue weighted by atomic mass is 16.4. The van der Waals surface area contributed by atoms with Crippen LogP contribution >= 0.6 is 0 Å². The van der Waals surface area contributed by atoms with Gasteiger partial charge in [-0.1, -0.05) is 24.3 Å². The highest BCUT2D eigenvalue weighted by molar-refractivity contribution is 5.94. The van der Waals surface area contributed by atoms with Gasteiger partial charge in [0.15, 0.2) is 5.43 Å². The molecule has 0 saturated carbocycles. The number of hydrogen-bond acceptors (Lipinski definition) is 5. The molecule has 0 amide bonds. The zero-order valence-electron chi connectivity index (χ0n) is 19.4. The SMILES string of the molecule is C=CCc1cncc(-c2oc3c(C(C)Nc4ccccc4C(=O)O)cc(C)cc3c(=O)c2C)c1. The standard InChI is InChI=1S/C28H26N2O4/c1-5-8-19-13-20(15-29-14-19)26-17(3)25(31)23-12-16(2)11-22(27(23)34-26)18(4)30-24-10-7-6-9-21(24)28(32)33/h5-7,9-15,18,30H,1,8H2,2-4H3,(H,32,33). The van der Waals surface area contributed by atoms with Crippen LogP contribution < -0.4 is 10.7 Å². The van der Waals surface area contributed by atoms with Crippen LogP contribution in [0.15, 0.2) is 76.7 Å². The van der Waals surface area contributed by atoms with E-state index in [2.05, 4.69) is 16.9 Å². The average molecular weight is 455 g/mol. The van der Waals surface area contributed by atoms with Crippen molar-refractivity contribution < 1.29 is 14.3 Å². The Bertz CT molecular complexity index is 1470. The van der Waals surface area contributed by atoms with Crippen molar-refractivity contribution in [3.8, 4) is 11.3 Å². The molecule has 6 nitrogen and oxygen atoms in total. The number of hydrogen-bond donors (Lipinski definition) is 2. The average Bonchev–Trinajstić information content (AvgIpc) is 2.82. The highest BCUT2D eigenvalue weighted by Crippen LogP contribution is 2.32. The molecule has 2 N–H and O–H groups in total. The fourth-order valence-corrected chi connectivity index (χ4v) is 4.16. The van der Waals surface area contributed by atoms with Gasteiger partial charge in [-0.2, -0.15) is 0 Å². The lowest BCUT2D eigenvalue weighted by Crippen LogP contribution is -2.14. The Labute approximate surface area is 197 Å². The minimum atomic E-state index is -1.01. The number of aromatic carboxylic acids is 1. The minimum Gasteiger partial charge on any atom is -0.478 e. The molecule has 4 aromatic rings. The van der Waals surface area contributed by atoms with Gasteiger partial charge in [0.25, 0.3) is 0 Å². The molecule has 4 rings (SSSR count). The van der Waals surface area contributed by atoms with E-state index >= 15 is 0 Å². The Morgan fingerprint density at radius 1 is 1.21 bits per heavy atom. The molecule has 1 unspecified atom stereocenters. The van der Waals surface area contributed by atoms with Gasteiger partial charge in [0.1, 0.15) is 11.3 Å². The maximum Gasteiger partial charge on any atom is 0.337 e. The Hall–Kier alpha value is -4.19. The third-order valence-corrected chi connectivity index (χ3v) is 5.83. The van der Waals surface area contributed by atoms with Crippen molar-refractivity contribution in [3.63, 3.8) is 0 Å². The van der Waals surface area contributed by atoms with Crippen molar-refractivity contribution in [2.75, 3.05) is 5.32 Å². The van der Waals surface area contributed by atoms with E-state index in [0.717, 1.165) is 22.3 Å². The van der Waals surface area contributed by atoms with E-state index in [1.54, 1.807) is 49.7 Å². The largest absolute Gasteiger partial charge is 0.478 e. The van der Waals surface area contributed by atoms with Gasteiger partial charge in [-0.3, -0.25) is 9.78 Å². The molecule has 0 aliphatic rings. The van der Waals surface area contributed by atoms with Gasteiger partial charge in [0.2, 0.25) is 0 Å². The topological polar surface area (TPSA) is 92.4 Å². The van der Waals surface area contributed by atoms with Gasteiger partial charge in [-0.05, 0) is 62.6 Å². The molecule has 0 aliphatic carbocycles. The lowest BCUT2D eigenvalue weighted by Gasteiger charge is -2.20. The number of carboxylic acid groups (broad SMARTS) is 1. The van der Waals surface area contributed by atoms with Crippen molar-refractivity contribution in [2.24, 2.45) is 0 Å². The predicted molar refractivity (Wildman–Crippen MR) is 135 cm³/mol. The smallest absolute Gasteiger partial charge is 0.337 e. The molecule has 1 atom stereocenters. The number of para-hydroxylation sites is 1. The number of benzene rings is 2. The Balaban J connectivity index is 1.88. The number of aryl methyl sites for hydroxylation is 1. The first-order valence-electron chi connectivity index (χ1n) is 11.0. The monoisotopic (exact) mass is 454 g/mol. The summed E-state index contributed by atoms with van der Waals surface area (Å²) in [6.07, 6.45) is 5.90. The van der Waals surface area contributed by atoms with E-state index in [4.69, 9.17) is 4.42 Å². The fourth-order valence-electron chi connectivity index (χ4n) is 4.16. The van der Waals surface area contributed by atoms with Gasteiger partial charge in [-0.15, -0.1) is 6.58 Å². The van der Waals surface area contributed by atoms with Crippen LogP contribution in [0.4, 0.5) is 5.69 Å². The maximum atomic E-state index is 13.4. The number of nitrogens with one attached hydrogen (secondary N) is 1. The predicted octanol–water partition coefficient (Wildman–Crippen LogP) is 6.07. The van der Waals surface area contributed by atoms with Crippen LogP contribution in [-0.4, -0.2) is 16.1 Å².